The van der Waals surface area contributed by atoms with Crippen molar-refractivity contribution in [2.24, 2.45) is 0 Å². The normalized spacial score (nSPS) is 9.64. The SMILES string of the molecule is N#Cc1ccccc1Cc1cocn1. The first-order chi connectivity index (χ1) is 6.90. The van der Waals surface area contributed by atoms with Crippen LogP contribution in [0.1, 0.15) is 16.8 Å². The first kappa shape index (κ1) is 8.52. The second kappa shape index (κ2) is 3.75. The van der Waals surface area contributed by atoms with Crippen molar-refractivity contribution in [3.63, 3.8) is 0 Å². The van der Waals surface area contributed by atoms with Crippen LogP contribution in [0.3, 0.4) is 0 Å². The maximum Gasteiger partial charge on any atom is 0.180 e. The van der Waals surface area contributed by atoms with Crippen molar-refractivity contribution >= 4 is 0 Å². The van der Waals surface area contributed by atoms with E-state index in [1.807, 2.05) is 18.2 Å². The average molecular weight is 184 g/mol. The van der Waals surface area contributed by atoms with Crippen molar-refractivity contribution in [1.82, 2.24) is 4.98 Å². The zero-order valence-corrected chi connectivity index (χ0v) is 7.47. The Balaban J connectivity index is 2.30. The van der Waals surface area contributed by atoms with Crippen LogP contribution < -0.4 is 0 Å². The van der Waals surface area contributed by atoms with Crippen LogP contribution in [-0.4, -0.2) is 4.98 Å². The highest BCUT2D eigenvalue weighted by Crippen LogP contribution is 2.11. The van der Waals surface area contributed by atoms with Crippen molar-refractivity contribution < 1.29 is 4.42 Å². The van der Waals surface area contributed by atoms with Crippen LogP contribution in [0.5, 0.6) is 0 Å². The van der Waals surface area contributed by atoms with E-state index >= 15 is 0 Å². The summed E-state index contributed by atoms with van der Waals surface area (Å²) in [6.45, 7) is 0. The summed E-state index contributed by atoms with van der Waals surface area (Å²) in [4.78, 5) is 4.01. The van der Waals surface area contributed by atoms with Crippen LogP contribution in [0.4, 0.5) is 0 Å². The zero-order valence-electron chi connectivity index (χ0n) is 7.47. The summed E-state index contributed by atoms with van der Waals surface area (Å²) in [5, 5.41) is 8.85. The molecule has 0 bridgehead atoms. The van der Waals surface area contributed by atoms with Crippen LogP contribution in [0, 0.1) is 11.3 Å². The molecule has 2 rings (SSSR count). The highest BCUT2D eigenvalue weighted by atomic mass is 16.3. The molecule has 0 atom stereocenters. The highest BCUT2D eigenvalue weighted by molar-refractivity contribution is 5.39. The Morgan fingerprint density at radius 2 is 2.21 bits per heavy atom. The summed E-state index contributed by atoms with van der Waals surface area (Å²) in [6.07, 6.45) is 3.62. The van der Waals surface area contributed by atoms with E-state index in [0.717, 1.165) is 11.3 Å². The molecule has 0 aliphatic rings. The quantitative estimate of drug-likeness (QED) is 0.718. The fraction of sp³-hybridized carbons (Fsp3) is 0.0909. The molecule has 2 aromatic rings. The summed E-state index contributed by atoms with van der Waals surface area (Å²) >= 11 is 0. The topological polar surface area (TPSA) is 49.8 Å². The van der Waals surface area contributed by atoms with Crippen molar-refractivity contribution in [1.29, 1.82) is 5.26 Å². The molecule has 1 heterocycles. The smallest absolute Gasteiger partial charge is 0.180 e. The number of nitrogens with zero attached hydrogens (tertiary/aromatic N) is 2. The van der Waals surface area contributed by atoms with Gasteiger partial charge in [0.25, 0.3) is 0 Å². The minimum Gasteiger partial charge on any atom is -0.451 e. The van der Waals surface area contributed by atoms with Gasteiger partial charge in [-0.25, -0.2) is 4.98 Å². The van der Waals surface area contributed by atoms with Gasteiger partial charge in [0, 0.05) is 6.42 Å². The summed E-state index contributed by atoms with van der Waals surface area (Å²) in [5.74, 6) is 0. The van der Waals surface area contributed by atoms with Crippen LogP contribution in [0.2, 0.25) is 0 Å². The molecule has 3 heteroatoms. The monoisotopic (exact) mass is 184 g/mol. The molecule has 0 aliphatic carbocycles. The lowest BCUT2D eigenvalue weighted by Crippen LogP contribution is -1.91. The van der Waals surface area contributed by atoms with E-state index in [9.17, 15) is 0 Å². The van der Waals surface area contributed by atoms with E-state index in [-0.39, 0.29) is 0 Å². The second-order valence-corrected chi connectivity index (χ2v) is 2.93. The average Bonchev–Trinajstić information content (AvgIpc) is 2.71. The third kappa shape index (κ3) is 1.64. The van der Waals surface area contributed by atoms with Crippen LogP contribution >= 0.6 is 0 Å². The predicted octanol–water partition coefficient (Wildman–Crippen LogP) is 2.14. The fourth-order valence-electron chi connectivity index (χ4n) is 1.30. The first-order valence-electron chi connectivity index (χ1n) is 4.25. The highest BCUT2D eigenvalue weighted by Gasteiger charge is 2.03. The van der Waals surface area contributed by atoms with Gasteiger partial charge < -0.3 is 4.42 Å². The lowest BCUT2D eigenvalue weighted by atomic mass is 10.0. The molecule has 0 saturated carbocycles. The number of benzene rings is 1. The Morgan fingerprint density at radius 1 is 1.36 bits per heavy atom. The van der Waals surface area contributed by atoms with E-state index in [1.54, 1.807) is 12.3 Å². The molecule has 0 amide bonds. The van der Waals surface area contributed by atoms with Gasteiger partial charge in [0.1, 0.15) is 6.26 Å². The van der Waals surface area contributed by atoms with Gasteiger partial charge in [-0.2, -0.15) is 5.26 Å². The Morgan fingerprint density at radius 3 is 2.93 bits per heavy atom. The van der Waals surface area contributed by atoms with E-state index in [0.29, 0.717) is 12.0 Å². The molecule has 1 aromatic heterocycles. The number of oxazole rings is 1. The van der Waals surface area contributed by atoms with Crippen molar-refractivity contribution in [3.05, 3.63) is 53.7 Å². The molecule has 68 valence electrons. The van der Waals surface area contributed by atoms with E-state index in [2.05, 4.69) is 11.1 Å². The molecule has 0 N–H and O–H groups in total. The third-order valence-corrected chi connectivity index (χ3v) is 1.99. The zero-order chi connectivity index (χ0) is 9.80. The lowest BCUT2D eigenvalue weighted by molar-refractivity contribution is 0.556. The Bertz CT molecular complexity index is 454. The van der Waals surface area contributed by atoms with E-state index in [4.69, 9.17) is 9.68 Å². The molecular weight excluding hydrogens is 176 g/mol. The van der Waals surface area contributed by atoms with Gasteiger partial charge in [0.05, 0.1) is 17.3 Å². The fourth-order valence-corrected chi connectivity index (χ4v) is 1.30. The van der Waals surface area contributed by atoms with Crippen LogP contribution in [-0.2, 0) is 6.42 Å². The molecule has 0 saturated heterocycles. The van der Waals surface area contributed by atoms with Crippen LogP contribution in [0.15, 0.2) is 41.3 Å². The van der Waals surface area contributed by atoms with E-state index < -0.39 is 0 Å². The number of aromatic nitrogens is 1. The summed E-state index contributed by atoms with van der Waals surface area (Å²) < 4.78 is 4.87. The molecule has 1 aromatic carbocycles. The van der Waals surface area contributed by atoms with Crippen molar-refractivity contribution in [3.8, 4) is 6.07 Å². The molecule has 0 aliphatic heterocycles. The molecule has 0 radical (unpaired) electrons. The lowest BCUT2D eigenvalue weighted by Gasteiger charge is -1.99. The standard InChI is InChI=1S/C11H8N2O/c12-6-10-4-2-1-3-9(10)5-11-7-14-8-13-11/h1-4,7-8H,5H2. The van der Waals surface area contributed by atoms with Gasteiger partial charge in [-0.3, -0.25) is 0 Å². The minimum absolute atomic E-state index is 0.639. The molecule has 0 unspecified atom stereocenters. The van der Waals surface area contributed by atoms with E-state index in [1.165, 1.54) is 6.39 Å². The van der Waals surface area contributed by atoms with Gasteiger partial charge in [-0.05, 0) is 11.6 Å². The Labute approximate surface area is 81.6 Å². The molecule has 3 nitrogen and oxygen atoms in total. The van der Waals surface area contributed by atoms with Gasteiger partial charge in [-0.15, -0.1) is 0 Å². The molecule has 14 heavy (non-hydrogen) atoms. The third-order valence-electron chi connectivity index (χ3n) is 1.99. The van der Waals surface area contributed by atoms with Gasteiger partial charge in [-0.1, -0.05) is 18.2 Å². The summed E-state index contributed by atoms with van der Waals surface area (Å²) in [6, 6.07) is 9.64. The van der Waals surface area contributed by atoms with Gasteiger partial charge in [0.15, 0.2) is 6.39 Å². The van der Waals surface area contributed by atoms with Crippen molar-refractivity contribution in [2.75, 3.05) is 0 Å². The molecule has 0 spiro atoms. The number of hydrogen-bond acceptors (Lipinski definition) is 3. The molecular formula is C11H8N2O. The van der Waals surface area contributed by atoms with Gasteiger partial charge in [0.2, 0.25) is 0 Å². The maximum atomic E-state index is 8.85. The Hall–Kier alpha value is -2.08. The summed E-state index contributed by atoms with van der Waals surface area (Å²) in [7, 11) is 0. The van der Waals surface area contributed by atoms with Gasteiger partial charge >= 0.3 is 0 Å². The number of rotatable bonds is 2. The van der Waals surface area contributed by atoms with Crippen LogP contribution in [0.25, 0.3) is 0 Å². The predicted molar refractivity (Wildman–Crippen MR) is 50.5 cm³/mol. The minimum atomic E-state index is 0.639. The Kier molecular flexibility index (Phi) is 2.28. The van der Waals surface area contributed by atoms with Crippen molar-refractivity contribution in [2.45, 2.75) is 6.42 Å². The maximum absolute atomic E-state index is 8.85. The largest absolute Gasteiger partial charge is 0.451 e. The first-order valence-corrected chi connectivity index (χ1v) is 4.25. The number of hydrogen-bond donors (Lipinski definition) is 0. The molecule has 0 fully saturated rings. The number of nitriles is 1. The second-order valence-electron chi connectivity index (χ2n) is 2.93. The summed E-state index contributed by atoms with van der Waals surface area (Å²) in [5.41, 5.74) is 2.51.